The Labute approximate surface area is 167 Å². The van der Waals surface area contributed by atoms with Crippen LogP contribution in [0.5, 0.6) is 0 Å². The van der Waals surface area contributed by atoms with Gasteiger partial charge in [0.2, 0.25) is 0 Å². The van der Waals surface area contributed by atoms with Crippen LogP contribution in [0.25, 0.3) is 59.6 Å². The minimum atomic E-state index is 1.26. The van der Waals surface area contributed by atoms with Crippen molar-refractivity contribution in [2.75, 3.05) is 0 Å². The second-order valence-electron chi connectivity index (χ2n) is 7.78. The number of pyridine rings is 1. The van der Waals surface area contributed by atoms with E-state index in [1.165, 1.54) is 59.6 Å². The standard InChI is InChI=1S/C28H17N/c1-7-15-24-18(9-1)17-26-28-22-13-5-3-11-20(22)19-10-2-4-12-21(19)27(28)23-14-6-8-16-25(23)29(24)26/h1-17H. The fourth-order valence-corrected chi connectivity index (χ4v) is 5.17. The smallest absolute Gasteiger partial charge is 0.0553 e. The van der Waals surface area contributed by atoms with E-state index in [1.54, 1.807) is 0 Å². The van der Waals surface area contributed by atoms with Crippen molar-refractivity contribution in [1.82, 2.24) is 4.40 Å². The van der Waals surface area contributed by atoms with Crippen molar-refractivity contribution in [3.8, 4) is 0 Å². The van der Waals surface area contributed by atoms with E-state index in [0.717, 1.165) is 0 Å². The van der Waals surface area contributed by atoms with Crippen molar-refractivity contribution in [2.24, 2.45) is 0 Å². The molecule has 0 amide bonds. The van der Waals surface area contributed by atoms with E-state index in [4.69, 9.17) is 0 Å². The molecule has 2 heterocycles. The summed E-state index contributed by atoms with van der Waals surface area (Å²) in [5, 5.41) is 10.6. The van der Waals surface area contributed by atoms with E-state index in [-0.39, 0.29) is 0 Å². The van der Waals surface area contributed by atoms with Crippen LogP contribution < -0.4 is 0 Å². The third-order valence-corrected chi connectivity index (χ3v) is 6.31. The summed E-state index contributed by atoms with van der Waals surface area (Å²) >= 11 is 0. The average molecular weight is 367 g/mol. The van der Waals surface area contributed by atoms with Gasteiger partial charge in [-0.3, -0.25) is 0 Å². The number of aromatic nitrogens is 1. The van der Waals surface area contributed by atoms with Gasteiger partial charge in [0.05, 0.1) is 16.6 Å². The molecule has 7 aromatic rings. The zero-order valence-corrected chi connectivity index (χ0v) is 15.8. The molecule has 0 unspecified atom stereocenters. The Bertz CT molecular complexity index is 1750. The Kier molecular flexibility index (Phi) is 2.80. The van der Waals surface area contributed by atoms with Crippen molar-refractivity contribution in [1.29, 1.82) is 0 Å². The van der Waals surface area contributed by atoms with Gasteiger partial charge in [0.1, 0.15) is 0 Å². The van der Waals surface area contributed by atoms with E-state index < -0.39 is 0 Å². The van der Waals surface area contributed by atoms with Gasteiger partial charge in [-0.2, -0.15) is 0 Å². The van der Waals surface area contributed by atoms with Crippen LogP contribution in [-0.4, -0.2) is 4.40 Å². The van der Waals surface area contributed by atoms with E-state index in [2.05, 4.69) is 108 Å². The van der Waals surface area contributed by atoms with Crippen LogP contribution in [0.2, 0.25) is 0 Å². The fourth-order valence-electron chi connectivity index (χ4n) is 5.17. The third kappa shape index (κ3) is 1.85. The molecule has 7 rings (SSSR count). The van der Waals surface area contributed by atoms with Gasteiger partial charge in [-0.05, 0) is 39.7 Å². The predicted molar refractivity (Wildman–Crippen MR) is 125 cm³/mol. The lowest BCUT2D eigenvalue weighted by Crippen LogP contribution is -1.93. The molecule has 1 heteroatoms. The molecule has 5 aromatic carbocycles. The van der Waals surface area contributed by atoms with Gasteiger partial charge in [0.15, 0.2) is 0 Å². The summed E-state index contributed by atoms with van der Waals surface area (Å²) in [7, 11) is 0. The highest BCUT2D eigenvalue weighted by atomic mass is 14.9. The first-order valence-corrected chi connectivity index (χ1v) is 10.1. The van der Waals surface area contributed by atoms with Gasteiger partial charge in [0.25, 0.3) is 0 Å². The number of nitrogens with zero attached hydrogens (tertiary/aromatic N) is 1. The molecule has 2 aromatic heterocycles. The number of hydrogen-bond acceptors (Lipinski definition) is 0. The Balaban J connectivity index is 1.98. The number of rotatable bonds is 0. The summed E-state index contributed by atoms with van der Waals surface area (Å²) in [6, 6.07) is 37.5. The predicted octanol–water partition coefficient (Wildman–Crippen LogP) is 7.71. The minimum absolute atomic E-state index is 1.26. The monoisotopic (exact) mass is 367 g/mol. The SMILES string of the molecule is c1ccc2c(c1)cc1c3c4ccccc4c4ccccc4c3c3ccccc3n21. The number of fused-ring (bicyclic) bond motifs is 13. The summed E-state index contributed by atoms with van der Waals surface area (Å²) < 4.78 is 2.44. The number of para-hydroxylation sites is 2. The second-order valence-corrected chi connectivity index (χ2v) is 7.78. The molecule has 1 nitrogen and oxygen atoms in total. The highest BCUT2D eigenvalue weighted by Gasteiger charge is 2.17. The van der Waals surface area contributed by atoms with Gasteiger partial charge in [-0.25, -0.2) is 0 Å². The van der Waals surface area contributed by atoms with Gasteiger partial charge in [0, 0.05) is 21.5 Å². The highest BCUT2D eigenvalue weighted by molar-refractivity contribution is 6.35. The van der Waals surface area contributed by atoms with E-state index >= 15 is 0 Å². The van der Waals surface area contributed by atoms with E-state index in [0.29, 0.717) is 0 Å². The van der Waals surface area contributed by atoms with Gasteiger partial charge in [-0.15, -0.1) is 0 Å². The van der Waals surface area contributed by atoms with Crippen molar-refractivity contribution in [3.63, 3.8) is 0 Å². The Morgan fingerprint density at radius 2 is 0.897 bits per heavy atom. The lowest BCUT2D eigenvalue weighted by Gasteiger charge is -2.15. The first kappa shape index (κ1) is 15.1. The summed E-state index contributed by atoms with van der Waals surface area (Å²) in [6.07, 6.45) is 0. The molecule has 0 aliphatic carbocycles. The van der Waals surface area contributed by atoms with Crippen molar-refractivity contribution in [3.05, 3.63) is 103 Å². The molecule has 0 spiro atoms. The topological polar surface area (TPSA) is 4.41 Å². The maximum atomic E-state index is 2.44. The molecule has 0 aliphatic heterocycles. The van der Waals surface area contributed by atoms with Crippen LogP contribution >= 0.6 is 0 Å². The molecule has 0 N–H and O–H groups in total. The normalized spacial score (nSPS) is 12.1. The molecule has 134 valence electrons. The molecule has 0 aliphatic rings. The van der Waals surface area contributed by atoms with Crippen LogP contribution in [0.15, 0.2) is 103 Å². The van der Waals surface area contributed by atoms with Crippen LogP contribution in [0, 0.1) is 0 Å². The van der Waals surface area contributed by atoms with Crippen molar-refractivity contribution in [2.45, 2.75) is 0 Å². The highest BCUT2D eigenvalue weighted by Crippen LogP contribution is 2.42. The Morgan fingerprint density at radius 1 is 0.379 bits per heavy atom. The summed E-state index contributed by atoms with van der Waals surface area (Å²) in [5.74, 6) is 0. The molecule has 0 saturated carbocycles. The minimum Gasteiger partial charge on any atom is -0.309 e. The number of hydrogen-bond donors (Lipinski definition) is 0. The maximum absolute atomic E-state index is 2.44. The Hall–Kier alpha value is -3.84. The summed E-state index contributed by atoms with van der Waals surface area (Å²) in [5.41, 5.74) is 3.80. The molecular formula is C28H17N. The van der Waals surface area contributed by atoms with Crippen LogP contribution in [0.4, 0.5) is 0 Å². The number of benzene rings is 5. The molecule has 0 radical (unpaired) electrons. The van der Waals surface area contributed by atoms with Gasteiger partial charge < -0.3 is 4.40 Å². The van der Waals surface area contributed by atoms with Crippen LogP contribution in [-0.2, 0) is 0 Å². The molecule has 0 fully saturated rings. The lowest BCUT2D eigenvalue weighted by molar-refractivity contribution is 1.35. The fraction of sp³-hybridized carbons (Fsp3) is 0. The maximum Gasteiger partial charge on any atom is 0.0553 e. The molecule has 0 bridgehead atoms. The van der Waals surface area contributed by atoms with Crippen molar-refractivity contribution < 1.29 is 0 Å². The summed E-state index contributed by atoms with van der Waals surface area (Å²) in [4.78, 5) is 0. The zero-order chi connectivity index (χ0) is 18.9. The molecule has 29 heavy (non-hydrogen) atoms. The largest absolute Gasteiger partial charge is 0.309 e. The van der Waals surface area contributed by atoms with Crippen LogP contribution in [0.1, 0.15) is 0 Å². The van der Waals surface area contributed by atoms with Crippen molar-refractivity contribution >= 4 is 59.6 Å². The Morgan fingerprint density at radius 3 is 1.62 bits per heavy atom. The quantitative estimate of drug-likeness (QED) is 0.242. The first-order chi connectivity index (χ1) is 14.4. The molecule has 0 atom stereocenters. The van der Waals surface area contributed by atoms with Gasteiger partial charge in [-0.1, -0.05) is 84.9 Å². The second kappa shape index (κ2) is 5.36. The van der Waals surface area contributed by atoms with E-state index in [1.807, 2.05) is 0 Å². The van der Waals surface area contributed by atoms with E-state index in [9.17, 15) is 0 Å². The van der Waals surface area contributed by atoms with Crippen LogP contribution in [0.3, 0.4) is 0 Å². The third-order valence-electron chi connectivity index (χ3n) is 6.31. The summed E-state index contributed by atoms with van der Waals surface area (Å²) in [6.45, 7) is 0. The average Bonchev–Trinajstić information content (AvgIpc) is 3.18. The van der Waals surface area contributed by atoms with Gasteiger partial charge >= 0.3 is 0 Å². The molecular weight excluding hydrogens is 350 g/mol. The lowest BCUT2D eigenvalue weighted by atomic mass is 9.92. The first-order valence-electron chi connectivity index (χ1n) is 10.1. The molecule has 0 saturated heterocycles. The zero-order valence-electron chi connectivity index (χ0n) is 15.8.